The zero-order valence-corrected chi connectivity index (χ0v) is 15.3. The molecule has 1 unspecified atom stereocenters. The number of fused-ring (bicyclic) bond motifs is 1. The number of morpholine rings is 1. The molecule has 0 spiro atoms. The Morgan fingerprint density at radius 2 is 2.08 bits per heavy atom. The molecule has 2 aromatic rings. The van der Waals surface area contributed by atoms with E-state index in [2.05, 4.69) is 14.9 Å². The number of carbonyl (C=O) groups is 1. The van der Waals surface area contributed by atoms with Crippen molar-refractivity contribution in [1.82, 2.24) is 14.9 Å². The third-order valence-electron chi connectivity index (χ3n) is 4.48. The first kappa shape index (κ1) is 16.9. The molecule has 1 atom stereocenters. The summed E-state index contributed by atoms with van der Waals surface area (Å²) in [4.78, 5) is 25.8. The van der Waals surface area contributed by atoms with Crippen LogP contribution in [0.3, 0.4) is 0 Å². The summed E-state index contributed by atoms with van der Waals surface area (Å²) in [6.07, 6.45) is 1.31. The molecule has 2 aliphatic rings. The van der Waals surface area contributed by atoms with Crippen LogP contribution in [0.2, 0.25) is 5.02 Å². The van der Waals surface area contributed by atoms with Crippen LogP contribution in [0.15, 0.2) is 24.4 Å². The van der Waals surface area contributed by atoms with Gasteiger partial charge in [0.1, 0.15) is 5.82 Å². The Balaban J connectivity index is 1.50. The van der Waals surface area contributed by atoms with Crippen LogP contribution < -0.4 is 4.90 Å². The molecule has 4 rings (SSSR count). The van der Waals surface area contributed by atoms with Crippen LogP contribution in [0, 0.1) is 0 Å². The second-order valence-electron chi connectivity index (χ2n) is 6.10. The smallest absolute Gasteiger partial charge is 0.253 e. The average Bonchev–Trinajstić information content (AvgIpc) is 2.68. The van der Waals surface area contributed by atoms with Crippen molar-refractivity contribution in [2.45, 2.75) is 6.10 Å². The minimum atomic E-state index is -0.431. The van der Waals surface area contributed by atoms with Crippen LogP contribution >= 0.6 is 23.4 Å². The van der Waals surface area contributed by atoms with Crippen LogP contribution in [0.25, 0.3) is 11.0 Å². The fourth-order valence-electron chi connectivity index (χ4n) is 3.12. The van der Waals surface area contributed by atoms with Crippen LogP contribution in [-0.2, 0) is 9.53 Å². The van der Waals surface area contributed by atoms with Gasteiger partial charge in [-0.05, 0) is 18.2 Å². The van der Waals surface area contributed by atoms with E-state index in [1.54, 1.807) is 12.3 Å². The molecule has 2 fully saturated rings. The van der Waals surface area contributed by atoms with Crippen LogP contribution in [0.1, 0.15) is 0 Å². The van der Waals surface area contributed by atoms with Crippen LogP contribution in [0.5, 0.6) is 0 Å². The van der Waals surface area contributed by atoms with Crippen molar-refractivity contribution >= 4 is 46.1 Å². The van der Waals surface area contributed by atoms with E-state index < -0.39 is 6.10 Å². The number of halogens is 1. The highest BCUT2D eigenvalue weighted by Gasteiger charge is 2.31. The molecule has 0 aliphatic carbocycles. The monoisotopic (exact) mass is 378 g/mol. The van der Waals surface area contributed by atoms with Gasteiger partial charge in [-0.15, -0.1) is 0 Å². The molecule has 0 N–H and O–H groups in total. The fourth-order valence-corrected chi connectivity index (χ4v) is 4.19. The molecule has 1 aromatic heterocycles. The van der Waals surface area contributed by atoms with Gasteiger partial charge in [-0.3, -0.25) is 9.78 Å². The summed E-state index contributed by atoms with van der Waals surface area (Å²) in [5.74, 6) is 2.86. The molecule has 1 aromatic carbocycles. The van der Waals surface area contributed by atoms with Crippen molar-refractivity contribution in [3.05, 3.63) is 29.4 Å². The van der Waals surface area contributed by atoms with E-state index in [-0.39, 0.29) is 5.91 Å². The predicted octanol–water partition coefficient (Wildman–Crippen LogP) is 2.06. The highest BCUT2D eigenvalue weighted by molar-refractivity contribution is 7.99. The number of carbonyl (C=O) groups excluding carboxylic acids is 1. The van der Waals surface area contributed by atoms with Crippen molar-refractivity contribution < 1.29 is 9.53 Å². The fraction of sp³-hybridized carbons (Fsp3) is 0.471. The van der Waals surface area contributed by atoms with E-state index in [1.165, 1.54) is 0 Å². The number of hydrogen-bond donors (Lipinski definition) is 0. The lowest BCUT2D eigenvalue weighted by Crippen LogP contribution is -2.52. The van der Waals surface area contributed by atoms with Gasteiger partial charge < -0.3 is 14.5 Å². The normalized spacial score (nSPS) is 21.6. The zero-order valence-electron chi connectivity index (χ0n) is 13.7. The van der Waals surface area contributed by atoms with Crippen LogP contribution in [0.4, 0.5) is 5.82 Å². The third kappa shape index (κ3) is 3.68. The van der Waals surface area contributed by atoms with Gasteiger partial charge >= 0.3 is 0 Å². The number of rotatable bonds is 2. The van der Waals surface area contributed by atoms with Gasteiger partial charge in [0.05, 0.1) is 30.4 Å². The molecule has 0 saturated carbocycles. The molecule has 0 radical (unpaired) electrons. The molecule has 6 nitrogen and oxygen atoms in total. The first-order valence-electron chi connectivity index (χ1n) is 8.36. The van der Waals surface area contributed by atoms with E-state index in [0.717, 1.165) is 41.4 Å². The number of anilines is 1. The number of hydrogen-bond acceptors (Lipinski definition) is 6. The summed E-state index contributed by atoms with van der Waals surface area (Å²) >= 11 is 7.89. The summed E-state index contributed by atoms with van der Waals surface area (Å²) in [6, 6.07) is 5.47. The molecule has 132 valence electrons. The maximum absolute atomic E-state index is 12.7. The third-order valence-corrected chi connectivity index (χ3v) is 5.66. The molecule has 2 aliphatic heterocycles. The van der Waals surface area contributed by atoms with Crippen molar-refractivity contribution in [2.24, 2.45) is 0 Å². The number of amides is 1. The Labute approximate surface area is 155 Å². The SMILES string of the molecule is O=C(C1CN(c2cnc3cc(Cl)ccc3n2)CCO1)N1CCSCC1. The number of ether oxygens (including phenoxy) is 1. The van der Waals surface area contributed by atoms with Gasteiger partial charge in [0.15, 0.2) is 6.10 Å². The number of thioether (sulfide) groups is 1. The molecule has 3 heterocycles. The van der Waals surface area contributed by atoms with Gasteiger partial charge in [-0.1, -0.05) is 11.6 Å². The first-order chi connectivity index (χ1) is 12.2. The Hall–Kier alpha value is -1.57. The Kier molecular flexibility index (Phi) is 4.96. The topological polar surface area (TPSA) is 58.6 Å². The lowest BCUT2D eigenvalue weighted by atomic mass is 10.2. The summed E-state index contributed by atoms with van der Waals surface area (Å²) in [6.45, 7) is 3.34. The second kappa shape index (κ2) is 7.35. The summed E-state index contributed by atoms with van der Waals surface area (Å²) in [7, 11) is 0. The van der Waals surface area contributed by atoms with E-state index in [1.807, 2.05) is 28.8 Å². The maximum Gasteiger partial charge on any atom is 0.253 e. The van der Waals surface area contributed by atoms with Crippen molar-refractivity contribution in [2.75, 3.05) is 49.2 Å². The summed E-state index contributed by atoms with van der Waals surface area (Å²) in [5, 5.41) is 0.645. The number of aromatic nitrogens is 2. The van der Waals surface area contributed by atoms with Crippen molar-refractivity contribution in [3.8, 4) is 0 Å². The zero-order chi connectivity index (χ0) is 17.2. The highest BCUT2D eigenvalue weighted by Crippen LogP contribution is 2.21. The first-order valence-corrected chi connectivity index (χ1v) is 9.89. The molecule has 0 bridgehead atoms. The quantitative estimate of drug-likeness (QED) is 0.797. The largest absolute Gasteiger partial charge is 0.365 e. The van der Waals surface area contributed by atoms with E-state index in [0.29, 0.717) is 24.7 Å². The van der Waals surface area contributed by atoms with Crippen molar-refractivity contribution in [1.29, 1.82) is 0 Å². The molecule has 25 heavy (non-hydrogen) atoms. The van der Waals surface area contributed by atoms with E-state index in [4.69, 9.17) is 16.3 Å². The Morgan fingerprint density at radius 1 is 1.24 bits per heavy atom. The summed E-state index contributed by atoms with van der Waals surface area (Å²) < 4.78 is 5.74. The Bertz CT molecular complexity index is 784. The standard InChI is InChI=1S/C17H19ClN4O2S/c18-12-1-2-13-14(9-12)19-10-16(20-13)22-3-6-24-15(11-22)17(23)21-4-7-25-8-5-21/h1-2,9-10,15H,3-8,11H2. The minimum Gasteiger partial charge on any atom is -0.365 e. The van der Waals surface area contributed by atoms with Gasteiger partial charge in [0, 0.05) is 36.2 Å². The highest BCUT2D eigenvalue weighted by atomic mass is 35.5. The second-order valence-corrected chi connectivity index (χ2v) is 7.77. The molecule has 2 saturated heterocycles. The maximum atomic E-state index is 12.7. The molecular weight excluding hydrogens is 360 g/mol. The lowest BCUT2D eigenvalue weighted by Gasteiger charge is -2.36. The number of benzene rings is 1. The van der Waals surface area contributed by atoms with Crippen molar-refractivity contribution in [3.63, 3.8) is 0 Å². The van der Waals surface area contributed by atoms with Gasteiger partial charge in [-0.2, -0.15) is 11.8 Å². The van der Waals surface area contributed by atoms with Gasteiger partial charge in [-0.25, -0.2) is 4.98 Å². The Morgan fingerprint density at radius 3 is 2.92 bits per heavy atom. The predicted molar refractivity (Wildman–Crippen MR) is 100 cm³/mol. The molecule has 8 heteroatoms. The van der Waals surface area contributed by atoms with E-state index in [9.17, 15) is 4.79 Å². The van der Waals surface area contributed by atoms with E-state index >= 15 is 0 Å². The summed E-state index contributed by atoms with van der Waals surface area (Å²) in [5.41, 5.74) is 1.56. The lowest BCUT2D eigenvalue weighted by molar-refractivity contribution is -0.144. The van der Waals surface area contributed by atoms with Crippen LogP contribution in [-0.4, -0.2) is 71.2 Å². The molecule has 1 amide bonds. The molecular formula is C17H19ClN4O2S. The van der Waals surface area contributed by atoms with Gasteiger partial charge in [0.2, 0.25) is 0 Å². The number of nitrogens with zero attached hydrogens (tertiary/aromatic N) is 4. The minimum absolute atomic E-state index is 0.0885. The van der Waals surface area contributed by atoms with Gasteiger partial charge in [0.25, 0.3) is 5.91 Å². The average molecular weight is 379 g/mol.